The van der Waals surface area contributed by atoms with Gasteiger partial charge >= 0.3 is 0 Å². The highest BCUT2D eigenvalue weighted by Crippen LogP contribution is 2.40. The summed E-state index contributed by atoms with van der Waals surface area (Å²) in [5, 5.41) is 4.41. The van der Waals surface area contributed by atoms with Gasteiger partial charge in [-0.3, -0.25) is 0 Å². The Morgan fingerprint density at radius 1 is 1.05 bits per heavy atom. The molecule has 3 heteroatoms. The first-order chi connectivity index (χ1) is 9.72. The average Bonchev–Trinajstić information content (AvgIpc) is 2.41. The predicted molar refractivity (Wildman–Crippen MR) is 88.2 cm³/mol. The third-order valence-electron chi connectivity index (χ3n) is 3.99. The van der Waals surface area contributed by atoms with Crippen molar-refractivity contribution in [3.8, 4) is 0 Å². The standard InChI is InChI=1S/C17H17BrClN/c18-17-4-2-1-3-16(17)13-9-15(10-13)20-11-12-5-7-14(19)8-6-12/h1-8,13,15,20H,9-11H2. The first-order valence-corrected chi connectivity index (χ1v) is 8.12. The zero-order valence-corrected chi connectivity index (χ0v) is 13.5. The number of benzene rings is 2. The molecule has 0 heterocycles. The first kappa shape index (κ1) is 14.1. The molecule has 1 aliphatic rings. The highest BCUT2D eigenvalue weighted by Gasteiger charge is 2.30. The molecule has 1 fully saturated rings. The van der Waals surface area contributed by atoms with Crippen molar-refractivity contribution in [2.75, 3.05) is 0 Å². The van der Waals surface area contributed by atoms with Crippen molar-refractivity contribution in [1.29, 1.82) is 0 Å². The van der Waals surface area contributed by atoms with Gasteiger partial charge in [0, 0.05) is 22.1 Å². The fraction of sp³-hybridized carbons (Fsp3) is 0.294. The fourth-order valence-corrected chi connectivity index (χ4v) is 3.44. The number of hydrogen-bond donors (Lipinski definition) is 1. The topological polar surface area (TPSA) is 12.0 Å². The summed E-state index contributed by atoms with van der Waals surface area (Å²) in [5.74, 6) is 0.688. The lowest BCUT2D eigenvalue weighted by Gasteiger charge is -2.37. The summed E-state index contributed by atoms with van der Waals surface area (Å²) in [5.41, 5.74) is 2.73. The van der Waals surface area contributed by atoms with Crippen LogP contribution in [0.3, 0.4) is 0 Å². The van der Waals surface area contributed by atoms with Gasteiger partial charge in [-0.1, -0.05) is 57.9 Å². The SMILES string of the molecule is Clc1ccc(CNC2CC(c3ccccc3Br)C2)cc1. The quantitative estimate of drug-likeness (QED) is 0.805. The minimum absolute atomic E-state index is 0.628. The molecule has 0 atom stereocenters. The van der Waals surface area contributed by atoms with Crippen LogP contribution in [-0.4, -0.2) is 6.04 Å². The largest absolute Gasteiger partial charge is 0.310 e. The van der Waals surface area contributed by atoms with E-state index in [1.54, 1.807) is 0 Å². The Bertz CT molecular complexity index is 576. The molecule has 0 saturated heterocycles. The second-order valence-electron chi connectivity index (χ2n) is 5.39. The van der Waals surface area contributed by atoms with Crippen molar-refractivity contribution < 1.29 is 0 Å². The maximum Gasteiger partial charge on any atom is 0.0406 e. The highest BCUT2D eigenvalue weighted by atomic mass is 79.9. The van der Waals surface area contributed by atoms with E-state index < -0.39 is 0 Å². The van der Waals surface area contributed by atoms with Crippen LogP contribution in [0, 0.1) is 0 Å². The minimum Gasteiger partial charge on any atom is -0.310 e. The third kappa shape index (κ3) is 3.25. The summed E-state index contributed by atoms with van der Waals surface area (Å²) in [6.07, 6.45) is 2.44. The van der Waals surface area contributed by atoms with Crippen LogP contribution >= 0.6 is 27.5 Å². The molecule has 0 aromatic heterocycles. The monoisotopic (exact) mass is 349 g/mol. The molecule has 2 aromatic rings. The van der Waals surface area contributed by atoms with Crippen molar-refractivity contribution in [3.05, 3.63) is 69.2 Å². The molecule has 1 nitrogen and oxygen atoms in total. The maximum atomic E-state index is 5.89. The smallest absolute Gasteiger partial charge is 0.0406 e. The Labute approximate surface area is 133 Å². The zero-order valence-electron chi connectivity index (χ0n) is 11.2. The molecular weight excluding hydrogens is 334 g/mol. The molecule has 0 amide bonds. The first-order valence-electron chi connectivity index (χ1n) is 6.94. The molecule has 1 saturated carbocycles. The van der Waals surface area contributed by atoms with Gasteiger partial charge in [-0.05, 0) is 48.1 Å². The van der Waals surface area contributed by atoms with Crippen LogP contribution in [-0.2, 0) is 6.54 Å². The molecule has 0 bridgehead atoms. The third-order valence-corrected chi connectivity index (χ3v) is 4.97. The van der Waals surface area contributed by atoms with Gasteiger partial charge in [0.05, 0.1) is 0 Å². The Morgan fingerprint density at radius 2 is 1.75 bits per heavy atom. The van der Waals surface area contributed by atoms with Gasteiger partial charge < -0.3 is 5.32 Å². The van der Waals surface area contributed by atoms with Crippen LogP contribution in [0.1, 0.15) is 29.9 Å². The summed E-state index contributed by atoms with van der Waals surface area (Å²) in [7, 11) is 0. The van der Waals surface area contributed by atoms with E-state index in [-0.39, 0.29) is 0 Å². The van der Waals surface area contributed by atoms with Gasteiger partial charge in [-0.15, -0.1) is 0 Å². The molecule has 1 aliphatic carbocycles. The van der Waals surface area contributed by atoms with Crippen LogP contribution in [0.4, 0.5) is 0 Å². The van der Waals surface area contributed by atoms with Crippen molar-refractivity contribution in [2.45, 2.75) is 31.3 Å². The Kier molecular flexibility index (Phi) is 4.45. The Morgan fingerprint density at radius 3 is 2.45 bits per heavy atom. The van der Waals surface area contributed by atoms with E-state index in [1.807, 2.05) is 12.1 Å². The number of nitrogens with one attached hydrogen (secondary N) is 1. The number of rotatable bonds is 4. The van der Waals surface area contributed by atoms with Gasteiger partial charge in [0.2, 0.25) is 0 Å². The van der Waals surface area contributed by atoms with Crippen molar-refractivity contribution in [1.82, 2.24) is 5.32 Å². The zero-order chi connectivity index (χ0) is 13.9. The molecule has 0 unspecified atom stereocenters. The molecule has 1 N–H and O–H groups in total. The van der Waals surface area contributed by atoms with Crippen LogP contribution in [0.2, 0.25) is 5.02 Å². The normalized spacial score (nSPS) is 21.5. The van der Waals surface area contributed by atoms with Crippen LogP contribution in [0.15, 0.2) is 53.0 Å². The van der Waals surface area contributed by atoms with E-state index in [4.69, 9.17) is 11.6 Å². The predicted octanol–water partition coefficient (Wildman–Crippen LogP) is 5.14. The van der Waals surface area contributed by atoms with Crippen LogP contribution in [0.5, 0.6) is 0 Å². The molecule has 20 heavy (non-hydrogen) atoms. The van der Waals surface area contributed by atoms with E-state index >= 15 is 0 Å². The van der Waals surface area contributed by atoms with Crippen molar-refractivity contribution in [2.24, 2.45) is 0 Å². The van der Waals surface area contributed by atoms with Crippen LogP contribution < -0.4 is 5.32 Å². The molecule has 0 spiro atoms. The van der Waals surface area contributed by atoms with E-state index in [0.29, 0.717) is 12.0 Å². The molecular formula is C17H17BrClN. The van der Waals surface area contributed by atoms with E-state index in [2.05, 4.69) is 57.6 Å². The van der Waals surface area contributed by atoms with Gasteiger partial charge in [0.25, 0.3) is 0 Å². The summed E-state index contributed by atoms with van der Waals surface area (Å²) in [6.45, 7) is 0.921. The summed E-state index contributed by atoms with van der Waals surface area (Å²) >= 11 is 9.53. The Balaban J connectivity index is 1.49. The summed E-state index contributed by atoms with van der Waals surface area (Å²) < 4.78 is 1.24. The van der Waals surface area contributed by atoms with E-state index in [1.165, 1.54) is 28.4 Å². The molecule has 104 valence electrons. The second-order valence-corrected chi connectivity index (χ2v) is 6.68. The summed E-state index contributed by atoms with van der Waals surface area (Å²) in [4.78, 5) is 0. The molecule has 0 radical (unpaired) electrons. The maximum absolute atomic E-state index is 5.89. The van der Waals surface area contributed by atoms with Crippen molar-refractivity contribution in [3.63, 3.8) is 0 Å². The van der Waals surface area contributed by atoms with Gasteiger partial charge in [-0.25, -0.2) is 0 Å². The lowest BCUT2D eigenvalue weighted by atomic mass is 9.76. The van der Waals surface area contributed by atoms with Gasteiger partial charge in [0.1, 0.15) is 0 Å². The van der Waals surface area contributed by atoms with E-state index in [9.17, 15) is 0 Å². The average molecular weight is 351 g/mol. The molecule has 0 aliphatic heterocycles. The Hall–Kier alpha value is -0.830. The summed E-state index contributed by atoms with van der Waals surface area (Å²) in [6, 6.07) is 17.2. The van der Waals surface area contributed by atoms with Gasteiger partial charge in [0.15, 0.2) is 0 Å². The highest BCUT2D eigenvalue weighted by molar-refractivity contribution is 9.10. The van der Waals surface area contributed by atoms with Crippen LogP contribution in [0.25, 0.3) is 0 Å². The molecule has 3 rings (SSSR count). The second kappa shape index (κ2) is 6.30. The fourth-order valence-electron chi connectivity index (χ4n) is 2.71. The van der Waals surface area contributed by atoms with Crippen molar-refractivity contribution >= 4 is 27.5 Å². The number of halogens is 2. The minimum atomic E-state index is 0.628. The lowest BCUT2D eigenvalue weighted by Crippen LogP contribution is -2.39. The van der Waals surface area contributed by atoms with Gasteiger partial charge in [-0.2, -0.15) is 0 Å². The molecule has 2 aromatic carbocycles. The van der Waals surface area contributed by atoms with E-state index in [0.717, 1.165) is 11.6 Å². The lowest BCUT2D eigenvalue weighted by molar-refractivity contribution is 0.289. The number of hydrogen-bond acceptors (Lipinski definition) is 1.